The molecular weight excluding hydrogens is 234 g/mol. The lowest BCUT2D eigenvalue weighted by Gasteiger charge is -2.04. The zero-order valence-electron chi connectivity index (χ0n) is 8.80. The van der Waals surface area contributed by atoms with Gasteiger partial charge >= 0.3 is 11.7 Å². The average molecular weight is 247 g/mol. The molecule has 90 valence electrons. The first-order valence-electron chi connectivity index (χ1n) is 4.72. The molecule has 0 aliphatic rings. The summed E-state index contributed by atoms with van der Waals surface area (Å²) in [4.78, 5) is 21.7. The number of thioether (sulfide) groups is 1. The average Bonchev–Trinajstić information content (AvgIpc) is 2.58. The van der Waals surface area contributed by atoms with Gasteiger partial charge < -0.3 is 9.84 Å². The molecule has 0 aliphatic heterocycles. The monoisotopic (exact) mass is 247 g/mol. The van der Waals surface area contributed by atoms with Crippen molar-refractivity contribution in [1.82, 2.24) is 14.8 Å². The molecule has 1 rings (SSSR count). The lowest BCUT2D eigenvalue weighted by molar-refractivity contribution is -0.133. The molecule has 0 aromatic carbocycles. The van der Waals surface area contributed by atoms with E-state index in [0.717, 1.165) is 11.8 Å². The Morgan fingerprint density at radius 2 is 2.44 bits per heavy atom. The van der Waals surface area contributed by atoms with Gasteiger partial charge in [0.05, 0.1) is 18.9 Å². The summed E-state index contributed by atoms with van der Waals surface area (Å²) < 4.78 is 6.48. The molecule has 1 aromatic rings. The minimum absolute atomic E-state index is 0.126. The van der Waals surface area contributed by atoms with E-state index in [-0.39, 0.29) is 11.4 Å². The van der Waals surface area contributed by atoms with Crippen LogP contribution in [0.15, 0.2) is 9.95 Å². The van der Waals surface area contributed by atoms with Gasteiger partial charge in [-0.25, -0.2) is 9.89 Å². The van der Waals surface area contributed by atoms with Crippen LogP contribution in [0.4, 0.5) is 0 Å². The topological polar surface area (TPSA) is 97.2 Å². The number of aromatic amines is 1. The lowest BCUT2D eigenvalue weighted by Crippen LogP contribution is -2.20. The maximum atomic E-state index is 11.3. The highest BCUT2D eigenvalue weighted by Crippen LogP contribution is 2.12. The van der Waals surface area contributed by atoms with Crippen molar-refractivity contribution in [3.8, 4) is 0 Å². The largest absolute Gasteiger partial charge is 0.481 e. The fourth-order valence-corrected chi connectivity index (χ4v) is 1.73. The van der Waals surface area contributed by atoms with E-state index in [1.165, 1.54) is 4.57 Å². The summed E-state index contributed by atoms with van der Waals surface area (Å²) in [5.74, 6) is -1.07. The van der Waals surface area contributed by atoms with E-state index in [1.54, 1.807) is 0 Å². The number of carboxylic acids is 1. The number of nitrogens with one attached hydrogen (secondary N) is 1. The third-order valence-electron chi connectivity index (χ3n) is 1.71. The molecule has 2 N–H and O–H groups in total. The second kappa shape index (κ2) is 6.33. The molecule has 0 spiro atoms. The Balaban J connectivity index is 2.62. The highest BCUT2D eigenvalue weighted by atomic mass is 32.2. The van der Waals surface area contributed by atoms with Crippen LogP contribution in [-0.4, -0.2) is 44.8 Å². The van der Waals surface area contributed by atoms with E-state index in [9.17, 15) is 9.59 Å². The first-order valence-corrected chi connectivity index (χ1v) is 5.71. The van der Waals surface area contributed by atoms with Crippen LogP contribution in [0, 0.1) is 0 Å². The van der Waals surface area contributed by atoms with Crippen LogP contribution in [0.1, 0.15) is 6.92 Å². The number of H-pyrrole nitrogens is 1. The van der Waals surface area contributed by atoms with Crippen LogP contribution in [0.25, 0.3) is 0 Å². The Morgan fingerprint density at radius 3 is 3.06 bits per heavy atom. The Labute approximate surface area is 95.8 Å². The molecule has 1 aromatic heterocycles. The molecule has 0 atom stereocenters. The van der Waals surface area contributed by atoms with Crippen LogP contribution < -0.4 is 5.69 Å². The van der Waals surface area contributed by atoms with Gasteiger partial charge in [-0.05, 0) is 6.92 Å². The predicted molar refractivity (Wildman–Crippen MR) is 57.7 cm³/mol. The minimum Gasteiger partial charge on any atom is -0.481 e. The molecule has 0 unspecified atom stereocenters. The van der Waals surface area contributed by atoms with Crippen LogP contribution in [0.3, 0.4) is 0 Å². The van der Waals surface area contributed by atoms with Crippen LogP contribution >= 0.6 is 11.8 Å². The third kappa shape index (κ3) is 3.70. The van der Waals surface area contributed by atoms with Crippen molar-refractivity contribution in [3.05, 3.63) is 10.5 Å². The normalized spacial score (nSPS) is 10.6. The summed E-state index contributed by atoms with van der Waals surface area (Å²) in [6.45, 7) is 3.20. The molecule has 0 radical (unpaired) electrons. The smallest absolute Gasteiger partial charge is 0.344 e. The van der Waals surface area contributed by atoms with Gasteiger partial charge in [-0.15, -0.1) is 5.10 Å². The number of hydrogen-bond donors (Lipinski definition) is 2. The van der Waals surface area contributed by atoms with E-state index in [4.69, 9.17) is 9.84 Å². The predicted octanol–water partition coefficient (Wildman–Crippen LogP) is -0.215. The summed E-state index contributed by atoms with van der Waals surface area (Å²) in [6.07, 6.45) is 0. The summed E-state index contributed by atoms with van der Waals surface area (Å²) >= 11 is 1.000. The van der Waals surface area contributed by atoms with Crippen molar-refractivity contribution >= 4 is 17.7 Å². The summed E-state index contributed by atoms with van der Waals surface area (Å²) in [5, 5.41) is 14.9. The zero-order valence-corrected chi connectivity index (χ0v) is 9.62. The Hall–Kier alpha value is -1.28. The Bertz CT molecular complexity index is 400. The van der Waals surface area contributed by atoms with Crippen molar-refractivity contribution in [2.75, 3.05) is 19.0 Å². The third-order valence-corrected chi connectivity index (χ3v) is 2.67. The van der Waals surface area contributed by atoms with E-state index in [0.29, 0.717) is 24.9 Å². The SMILES string of the molecule is CCOCCn1c(SCC(=O)O)n[nH]c1=O. The maximum Gasteiger partial charge on any atom is 0.344 e. The van der Waals surface area contributed by atoms with Gasteiger partial charge in [0.25, 0.3) is 0 Å². The molecule has 1 heterocycles. The molecule has 7 nitrogen and oxygen atoms in total. The number of carboxylic acid groups (broad SMARTS) is 1. The fourth-order valence-electron chi connectivity index (χ4n) is 1.04. The van der Waals surface area contributed by atoms with Crippen molar-refractivity contribution in [1.29, 1.82) is 0 Å². The molecule has 0 saturated carbocycles. The summed E-state index contributed by atoms with van der Waals surface area (Å²) in [5.41, 5.74) is -0.354. The highest BCUT2D eigenvalue weighted by molar-refractivity contribution is 7.99. The minimum atomic E-state index is -0.947. The number of hydrogen-bond acceptors (Lipinski definition) is 5. The number of ether oxygens (including phenoxy) is 1. The van der Waals surface area contributed by atoms with E-state index < -0.39 is 5.97 Å². The molecule has 0 amide bonds. The Morgan fingerprint density at radius 1 is 1.69 bits per heavy atom. The van der Waals surface area contributed by atoms with Gasteiger partial charge in [-0.3, -0.25) is 9.36 Å². The number of rotatable bonds is 7. The van der Waals surface area contributed by atoms with Crippen molar-refractivity contribution in [3.63, 3.8) is 0 Å². The zero-order chi connectivity index (χ0) is 12.0. The molecule has 0 bridgehead atoms. The highest BCUT2D eigenvalue weighted by Gasteiger charge is 2.10. The van der Waals surface area contributed by atoms with Gasteiger partial charge in [-0.1, -0.05) is 11.8 Å². The molecule has 0 saturated heterocycles. The van der Waals surface area contributed by atoms with Crippen molar-refractivity contribution in [2.24, 2.45) is 0 Å². The molecule has 16 heavy (non-hydrogen) atoms. The first kappa shape index (κ1) is 12.8. The summed E-state index contributed by atoms with van der Waals surface area (Å²) in [6, 6.07) is 0. The first-order chi connectivity index (χ1) is 7.65. The van der Waals surface area contributed by atoms with Gasteiger partial charge in [0.15, 0.2) is 5.16 Å². The molecular formula is C8H13N3O4S. The maximum absolute atomic E-state index is 11.3. The van der Waals surface area contributed by atoms with Gasteiger partial charge in [0, 0.05) is 6.61 Å². The number of aliphatic carboxylic acids is 1. The summed E-state index contributed by atoms with van der Waals surface area (Å²) in [7, 11) is 0. The van der Waals surface area contributed by atoms with Crippen LogP contribution in [0.2, 0.25) is 0 Å². The second-order valence-corrected chi connectivity index (χ2v) is 3.78. The Kier molecular flexibility index (Phi) is 5.06. The van der Waals surface area contributed by atoms with E-state index >= 15 is 0 Å². The lowest BCUT2D eigenvalue weighted by atomic mass is 10.6. The van der Waals surface area contributed by atoms with Gasteiger partial charge in [-0.2, -0.15) is 0 Å². The standard InChI is InChI=1S/C8H13N3O4S/c1-2-15-4-3-11-7(14)9-10-8(11)16-5-6(12)13/h2-5H2,1H3,(H,9,14)(H,12,13). The second-order valence-electron chi connectivity index (χ2n) is 2.84. The molecule has 8 heteroatoms. The molecule has 0 aliphatic carbocycles. The van der Waals surface area contributed by atoms with Crippen LogP contribution in [0.5, 0.6) is 0 Å². The van der Waals surface area contributed by atoms with Gasteiger partial charge in [0.2, 0.25) is 0 Å². The number of carbonyl (C=O) groups is 1. The molecule has 0 fully saturated rings. The van der Waals surface area contributed by atoms with Gasteiger partial charge in [0.1, 0.15) is 0 Å². The van der Waals surface area contributed by atoms with Crippen molar-refractivity contribution in [2.45, 2.75) is 18.6 Å². The van der Waals surface area contributed by atoms with E-state index in [2.05, 4.69) is 10.2 Å². The van der Waals surface area contributed by atoms with Crippen LogP contribution in [-0.2, 0) is 16.1 Å². The quantitative estimate of drug-likeness (QED) is 0.511. The van der Waals surface area contributed by atoms with E-state index in [1.807, 2.05) is 6.92 Å². The number of nitrogens with zero attached hydrogens (tertiary/aromatic N) is 2. The fraction of sp³-hybridized carbons (Fsp3) is 0.625. The number of aromatic nitrogens is 3. The van der Waals surface area contributed by atoms with Crippen molar-refractivity contribution < 1.29 is 14.6 Å².